The Bertz CT molecular complexity index is 1120. The van der Waals surface area contributed by atoms with E-state index in [-0.39, 0.29) is 5.78 Å². The number of thioether (sulfide) groups is 1. The first kappa shape index (κ1) is 19.2. The summed E-state index contributed by atoms with van der Waals surface area (Å²) in [7, 11) is 0. The van der Waals surface area contributed by atoms with Crippen LogP contribution in [0.25, 0.3) is 5.69 Å². The third kappa shape index (κ3) is 4.15. The summed E-state index contributed by atoms with van der Waals surface area (Å²) in [4.78, 5) is 13.4. The van der Waals surface area contributed by atoms with Crippen LogP contribution in [-0.2, 0) is 0 Å². The van der Waals surface area contributed by atoms with Crippen LogP contribution < -0.4 is 0 Å². The Morgan fingerprint density at radius 2 is 1.55 bits per heavy atom. The summed E-state index contributed by atoms with van der Waals surface area (Å²) in [6.07, 6.45) is 0. The number of carbonyl (C=O) groups is 1. The van der Waals surface area contributed by atoms with Crippen LogP contribution in [0.5, 0.6) is 0 Å². The first-order valence-corrected chi connectivity index (χ1v) is 10.3. The fourth-order valence-electron chi connectivity index (χ4n) is 3.24. The van der Waals surface area contributed by atoms with E-state index in [4.69, 9.17) is 0 Å². The maximum atomic E-state index is 13.4. The van der Waals surface area contributed by atoms with E-state index in [0.29, 0.717) is 10.7 Å². The molecule has 0 amide bonds. The molecule has 1 atom stereocenters. The number of hydrogen-bond acceptors (Lipinski definition) is 4. The molecule has 0 N–H and O–H groups in total. The number of carbonyl (C=O) groups excluding carboxylic acids is 1. The summed E-state index contributed by atoms with van der Waals surface area (Å²) >= 11 is 1.43. The summed E-state index contributed by atoms with van der Waals surface area (Å²) in [5.74, 6) is 0.843. The minimum absolute atomic E-state index is 0.0539. The highest BCUT2D eigenvalue weighted by Gasteiger charge is 2.26. The zero-order valence-electron chi connectivity index (χ0n) is 16.3. The van der Waals surface area contributed by atoms with Gasteiger partial charge in [-0.15, -0.1) is 10.2 Å². The molecule has 0 bridgehead atoms. The zero-order chi connectivity index (χ0) is 20.2. The predicted molar refractivity (Wildman–Crippen MR) is 117 cm³/mol. The van der Waals surface area contributed by atoms with Gasteiger partial charge in [-0.3, -0.25) is 9.36 Å². The Hall–Kier alpha value is -3.18. The fourth-order valence-corrected chi connectivity index (χ4v) is 4.42. The Morgan fingerprint density at radius 3 is 2.24 bits per heavy atom. The fraction of sp³-hybridized carbons (Fsp3) is 0.125. The van der Waals surface area contributed by atoms with Gasteiger partial charge in [-0.2, -0.15) is 0 Å². The van der Waals surface area contributed by atoms with Gasteiger partial charge in [-0.1, -0.05) is 84.6 Å². The molecular formula is C24H21N3OS. The SMILES string of the molecule is Cc1cccc(-n2c(C)nnc2SC(C(=O)c2ccccc2)c2ccccc2)c1. The molecule has 0 fully saturated rings. The molecule has 0 aliphatic rings. The quantitative estimate of drug-likeness (QED) is 0.313. The number of aromatic nitrogens is 3. The molecule has 1 aromatic heterocycles. The van der Waals surface area contributed by atoms with Crippen molar-refractivity contribution in [2.75, 3.05) is 0 Å². The number of ketones is 1. The Labute approximate surface area is 174 Å². The van der Waals surface area contributed by atoms with Crippen molar-refractivity contribution in [3.63, 3.8) is 0 Å². The first-order valence-electron chi connectivity index (χ1n) is 9.43. The molecule has 0 spiro atoms. The van der Waals surface area contributed by atoms with E-state index in [1.54, 1.807) is 0 Å². The molecule has 0 saturated carbocycles. The Morgan fingerprint density at radius 1 is 0.862 bits per heavy atom. The van der Waals surface area contributed by atoms with Crippen molar-refractivity contribution in [3.05, 3.63) is 107 Å². The Balaban J connectivity index is 1.76. The number of rotatable bonds is 6. The van der Waals surface area contributed by atoms with E-state index in [1.807, 2.05) is 84.3 Å². The normalized spacial score (nSPS) is 11.9. The summed E-state index contributed by atoms with van der Waals surface area (Å²) in [6, 6.07) is 27.4. The van der Waals surface area contributed by atoms with Crippen LogP contribution >= 0.6 is 11.8 Å². The highest BCUT2D eigenvalue weighted by molar-refractivity contribution is 8.00. The van der Waals surface area contributed by atoms with Gasteiger partial charge in [-0.05, 0) is 37.1 Å². The van der Waals surface area contributed by atoms with Crippen LogP contribution in [0.2, 0.25) is 0 Å². The summed E-state index contributed by atoms with van der Waals surface area (Å²) < 4.78 is 2.01. The van der Waals surface area contributed by atoms with Crippen LogP contribution in [-0.4, -0.2) is 20.5 Å². The molecule has 3 aromatic carbocycles. The second-order valence-electron chi connectivity index (χ2n) is 6.84. The monoisotopic (exact) mass is 399 g/mol. The van der Waals surface area contributed by atoms with Gasteiger partial charge in [0.2, 0.25) is 0 Å². The minimum Gasteiger partial charge on any atom is -0.293 e. The maximum absolute atomic E-state index is 13.4. The topological polar surface area (TPSA) is 47.8 Å². The molecule has 0 radical (unpaired) electrons. The van der Waals surface area contributed by atoms with Crippen molar-refractivity contribution in [3.8, 4) is 5.69 Å². The van der Waals surface area contributed by atoms with Gasteiger partial charge in [0, 0.05) is 11.3 Å². The lowest BCUT2D eigenvalue weighted by atomic mass is 10.0. The van der Waals surface area contributed by atoms with Gasteiger partial charge < -0.3 is 0 Å². The number of Topliss-reactive ketones (excluding diaryl/α,β-unsaturated/α-hetero) is 1. The summed E-state index contributed by atoms with van der Waals surface area (Å²) in [5, 5.41) is 8.96. The molecule has 0 aliphatic carbocycles. The van der Waals surface area contributed by atoms with Crippen LogP contribution in [0.1, 0.15) is 32.6 Å². The van der Waals surface area contributed by atoms with Gasteiger partial charge in [0.25, 0.3) is 0 Å². The van der Waals surface area contributed by atoms with E-state index >= 15 is 0 Å². The van der Waals surface area contributed by atoms with Crippen molar-refractivity contribution >= 4 is 17.5 Å². The average molecular weight is 400 g/mol. The maximum Gasteiger partial charge on any atom is 0.196 e. The van der Waals surface area contributed by atoms with Crippen molar-refractivity contribution in [1.29, 1.82) is 0 Å². The molecule has 4 rings (SSSR count). The molecule has 4 nitrogen and oxygen atoms in total. The molecular weight excluding hydrogens is 378 g/mol. The molecule has 4 aromatic rings. The second kappa shape index (κ2) is 8.45. The lowest BCUT2D eigenvalue weighted by Gasteiger charge is -2.17. The number of hydrogen-bond donors (Lipinski definition) is 0. The highest BCUT2D eigenvalue weighted by Crippen LogP contribution is 2.38. The van der Waals surface area contributed by atoms with Gasteiger partial charge in [0.1, 0.15) is 11.1 Å². The van der Waals surface area contributed by atoms with Gasteiger partial charge in [0.05, 0.1) is 0 Å². The van der Waals surface area contributed by atoms with Crippen LogP contribution in [0.4, 0.5) is 0 Å². The predicted octanol–water partition coefficient (Wildman–Crippen LogP) is 5.60. The second-order valence-corrected chi connectivity index (χ2v) is 7.92. The van der Waals surface area contributed by atoms with Crippen LogP contribution in [0.3, 0.4) is 0 Å². The molecule has 0 saturated heterocycles. The van der Waals surface area contributed by atoms with E-state index < -0.39 is 5.25 Å². The molecule has 29 heavy (non-hydrogen) atoms. The standard InChI is InChI=1S/C24H21N3OS/c1-17-10-9-15-21(16-17)27-18(2)25-26-24(27)29-23(20-13-7-4-8-14-20)22(28)19-11-5-3-6-12-19/h3-16,23H,1-2H3. The molecule has 0 aliphatic heterocycles. The third-order valence-corrected chi connectivity index (χ3v) is 5.87. The minimum atomic E-state index is -0.411. The van der Waals surface area contributed by atoms with Crippen molar-refractivity contribution in [2.45, 2.75) is 24.3 Å². The lowest BCUT2D eigenvalue weighted by Crippen LogP contribution is -2.11. The third-order valence-electron chi connectivity index (χ3n) is 4.68. The smallest absolute Gasteiger partial charge is 0.196 e. The number of aryl methyl sites for hydroxylation is 2. The molecule has 1 unspecified atom stereocenters. The Kier molecular flexibility index (Phi) is 5.58. The van der Waals surface area contributed by atoms with Crippen LogP contribution in [0.15, 0.2) is 90.1 Å². The summed E-state index contributed by atoms with van der Waals surface area (Å²) in [6.45, 7) is 3.98. The molecule has 5 heteroatoms. The van der Waals surface area contributed by atoms with E-state index in [1.165, 1.54) is 11.8 Å². The van der Waals surface area contributed by atoms with Gasteiger partial charge in [0.15, 0.2) is 10.9 Å². The molecule has 1 heterocycles. The van der Waals surface area contributed by atoms with Crippen LogP contribution in [0, 0.1) is 13.8 Å². The lowest BCUT2D eigenvalue weighted by molar-refractivity contribution is 0.0989. The number of nitrogens with zero attached hydrogens (tertiary/aromatic N) is 3. The van der Waals surface area contributed by atoms with E-state index in [9.17, 15) is 4.79 Å². The van der Waals surface area contributed by atoms with Crippen molar-refractivity contribution < 1.29 is 4.79 Å². The van der Waals surface area contributed by atoms with Gasteiger partial charge >= 0.3 is 0 Å². The van der Waals surface area contributed by atoms with Gasteiger partial charge in [-0.25, -0.2) is 0 Å². The largest absolute Gasteiger partial charge is 0.293 e. The number of benzene rings is 3. The zero-order valence-corrected chi connectivity index (χ0v) is 17.1. The highest BCUT2D eigenvalue weighted by atomic mass is 32.2. The molecule has 144 valence electrons. The average Bonchev–Trinajstić information content (AvgIpc) is 3.13. The van der Waals surface area contributed by atoms with E-state index in [2.05, 4.69) is 29.3 Å². The summed E-state index contributed by atoms with van der Waals surface area (Å²) in [5.41, 5.74) is 3.79. The van der Waals surface area contributed by atoms with Crippen molar-refractivity contribution in [1.82, 2.24) is 14.8 Å². The van der Waals surface area contributed by atoms with E-state index in [0.717, 1.165) is 22.6 Å². The first-order chi connectivity index (χ1) is 14.1. The van der Waals surface area contributed by atoms with Crippen molar-refractivity contribution in [2.24, 2.45) is 0 Å².